The number of nitrogens with zero attached hydrogens (tertiary/aromatic N) is 4. The standard InChI is InChI=1S/C23H27N7O2/c1-24-20-8-19(28-17-3-2-6-25-18(17)7-14-4-5-14)29-21-16(11-26-30(20)21)22(31)27-15-9-23(10-15)12-32-13-23/h2-3,6,8,11,14-15,24H,4-5,7,9-10,12-13H2,1H3,(H,27,31)(H,28,29). The number of ether oxygens (including phenoxy) is 1. The Hall–Kier alpha value is -3.20. The molecule has 3 aromatic rings. The summed E-state index contributed by atoms with van der Waals surface area (Å²) in [5, 5.41) is 14.1. The van der Waals surface area contributed by atoms with Gasteiger partial charge in [-0.2, -0.15) is 9.61 Å². The first-order valence-electron chi connectivity index (χ1n) is 11.3. The van der Waals surface area contributed by atoms with Crippen LogP contribution in [-0.4, -0.2) is 51.8 Å². The van der Waals surface area contributed by atoms with Crippen LogP contribution in [0.5, 0.6) is 0 Å². The number of pyridine rings is 1. The van der Waals surface area contributed by atoms with Gasteiger partial charge in [0.05, 0.1) is 30.8 Å². The predicted molar refractivity (Wildman–Crippen MR) is 120 cm³/mol. The minimum Gasteiger partial charge on any atom is -0.380 e. The van der Waals surface area contributed by atoms with E-state index in [1.807, 2.05) is 31.4 Å². The molecule has 2 aliphatic carbocycles. The molecule has 166 valence electrons. The van der Waals surface area contributed by atoms with Crippen molar-refractivity contribution in [2.75, 3.05) is 30.9 Å². The summed E-state index contributed by atoms with van der Waals surface area (Å²) in [6.07, 6.45) is 8.89. The Balaban J connectivity index is 1.26. The van der Waals surface area contributed by atoms with Crippen LogP contribution < -0.4 is 16.0 Å². The van der Waals surface area contributed by atoms with E-state index in [1.54, 1.807) is 10.7 Å². The van der Waals surface area contributed by atoms with Gasteiger partial charge in [-0.15, -0.1) is 0 Å². The van der Waals surface area contributed by atoms with E-state index in [9.17, 15) is 4.79 Å². The van der Waals surface area contributed by atoms with E-state index in [0.29, 0.717) is 22.4 Å². The Kier molecular flexibility index (Phi) is 4.53. The number of fused-ring (bicyclic) bond motifs is 1. The Morgan fingerprint density at radius 1 is 1.31 bits per heavy atom. The van der Waals surface area contributed by atoms with Gasteiger partial charge in [-0.25, -0.2) is 4.98 Å². The molecule has 0 radical (unpaired) electrons. The maximum atomic E-state index is 13.0. The number of rotatable bonds is 7. The van der Waals surface area contributed by atoms with E-state index >= 15 is 0 Å². The first-order chi connectivity index (χ1) is 15.6. The molecule has 2 saturated carbocycles. The number of aromatic nitrogens is 4. The summed E-state index contributed by atoms with van der Waals surface area (Å²) in [7, 11) is 1.83. The number of hydrogen-bond acceptors (Lipinski definition) is 7. The quantitative estimate of drug-likeness (QED) is 0.526. The zero-order valence-corrected chi connectivity index (χ0v) is 18.1. The van der Waals surface area contributed by atoms with Gasteiger partial charge in [-0.05, 0) is 50.2 Å². The molecule has 9 heteroatoms. The molecule has 1 saturated heterocycles. The van der Waals surface area contributed by atoms with Gasteiger partial charge in [-0.1, -0.05) is 0 Å². The predicted octanol–water partition coefficient (Wildman–Crippen LogP) is 2.77. The summed E-state index contributed by atoms with van der Waals surface area (Å²) in [5.41, 5.74) is 3.29. The highest BCUT2D eigenvalue weighted by Gasteiger charge is 2.50. The third-order valence-corrected chi connectivity index (χ3v) is 6.82. The molecule has 3 aromatic heterocycles. The molecule has 6 rings (SSSR count). The third-order valence-electron chi connectivity index (χ3n) is 6.82. The molecule has 3 aliphatic rings. The van der Waals surface area contributed by atoms with Crippen molar-refractivity contribution in [3.63, 3.8) is 0 Å². The van der Waals surface area contributed by atoms with Gasteiger partial charge in [0.25, 0.3) is 5.91 Å². The zero-order chi connectivity index (χ0) is 21.7. The molecule has 3 N–H and O–H groups in total. The Labute approximate surface area is 186 Å². The maximum absolute atomic E-state index is 13.0. The normalized spacial score (nSPS) is 19.4. The summed E-state index contributed by atoms with van der Waals surface area (Å²) >= 11 is 0. The van der Waals surface area contributed by atoms with Crippen LogP contribution in [0.4, 0.5) is 17.3 Å². The second-order valence-electron chi connectivity index (χ2n) is 9.41. The molecule has 1 spiro atoms. The van der Waals surface area contributed by atoms with Gasteiger partial charge in [0.1, 0.15) is 17.2 Å². The Bertz CT molecular complexity index is 1170. The van der Waals surface area contributed by atoms with Crippen molar-refractivity contribution in [3.05, 3.63) is 41.9 Å². The molecule has 1 amide bonds. The molecule has 32 heavy (non-hydrogen) atoms. The van der Waals surface area contributed by atoms with Gasteiger partial charge < -0.3 is 20.7 Å². The molecule has 0 aromatic carbocycles. The van der Waals surface area contributed by atoms with Crippen molar-refractivity contribution >= 4 is 28.9 Å². The van der Waals surface area contributed by atoms with Gasteiger partial charge in [0.15, 0.2) is 5.65 Å². The molecule has 4 heterocycles. The number of carbonyl (C=O) groups is 1. The summed E-state index contributed by atoms with van der Waals surface area (Å²) < 4.78 is 6.99. The number of anilines is 3. The lowest BCUT2D eigenvalue weighted by Gasteiger charge is -2.53. The molecule has 1 aliphatic heterocycles. The molecule has 9 nitrogen and oxygen atoms in total. The van der Waals surface area contributed by atoms with Gasteiger partial charge in [-0.3, -0.25) is 9.78 Å². The van der Waals surface area contributed by atoms with Gasteiger partial charge >= 0.3 is 0 Å². The zero-order valence-electron chi connectivity index (χ0n) is 18.1. The SMILES string of the molecule is CNc1cc(Nc2cccnc2CC2CC2)nc2c(C(=O)NC3CC4(COC4)C3)cnn12. The van der Waals surface area contributed by atoms with Crippen LogP contribution in [-0.2, 0) is 11.2 Å². The van der Waals surface area contributed by atoms with E-state index in [0.717, 1.165) is 55.6 Å². The molecule has 0 bridgehead atoms. The lowest BCUT2D eigenvalue weighted by molar-refractivity contribution is -0.165. The van der Waals surface area contributed by atoms with Crippen LogP contribution in [0.1, 0.15) is 41.7 Å². The lowest BCUT2D eigenvalue weighted by Crippen LogP contribution is -2.59. The highest BCUT2D eigenvalue weighted by molar-refractivity contribution is 6.00. The highest BCUT2D eigenvalue weighted by atomic mass is 16.5. The number of hydrogen-bond donors (Lipinski definition) is 3. The average molecular weight is 434 g/mol. The summed E-state index contributed by atoms with van der Waals surface area (Å²) in [6.45, 7) is 1.63. The summed E-state index contributed by atoms with van der Waals surface area (Å²) in [4.78, 5) is 22.3. The number of carbonyl (C=O) groups excluding carboxylic acids is 1. The minimum absolute atomic E-state index is 0.136. The second-order valence-corrected chi connectivity index (χ2v) is 9.41. The van der Waals surface area contributed by atoms with Gasteiger partial charge in [0, 0.05) is 30.8 Å². The molecular weight excluding hydrogens is 406 g/mol. The van der Waals surface area contributed by atoms with Crippen molar-refractivity contribution in [3.8, 4) is 0 Å². The monoisotopic (exact) mass is 433 g/mol. The molecular formula is C23H27N7O2. The molecule has 0 unspecified atom stereocenters. The fraction of sp³-hybridized carbons (Fsp3) is 0.478. The largest absolute Gasteiger partial charge is 0.380 e. The van der Waals surface area contributed by atoms with Crippen LogP contribution in [0.25, 0.3) is 5.65 Å². The van der Waals surface area contributed by atoms with E-state index in [2.05, 4.69) is 26.0 Å². The van der Waals surface area contributed by atoms with Crippen molar-refractivity contribution in [1.82, 2.24) is 24.9 Å². The van der Waals surface area contributed by atoms with E-state index in [1.165, 1.54) is 12.8 Å². The fourth-order valence-corrected chi connectivity index (χ4v) is 4.79. The lowest BCUT2D eigenvalue weighted by atomic mass is 9.64. The smallest absolute Gasteiger partial charge is 0.256 e. The van der Waals surface area contributed by atoms with Crippen molar-refractivity contribution in [2.45, 2.75) is 38.1 Å². The van der Waals surface area contributed by atoms with Crippen LogP contribution in [0, 0.1) is 11.3 Å². The molecule has 3 fully saturated rings. The second kappa shape index (κ2) is 7.44. The molecule has 0 atom stereocenters. The van der Waals surface area contributed by atoms with Crippen LogP contribution >= 0.6 is 0 Å². The minimum atomic E-state index is -0.136. The Morgan fingerprint density at radius 2 is 2.16 bits per heavy atom. The van der Waals surface area contributed by atoms with Crippen LogP contribution in [0.3, 0.4) is 0 Å². The third kappa shape index (κ3) is 3.46. The number of nitrogens with one attached hydrogen (secondary N) is 3. The number of amides is 1. The fourth-order valence-electron chi connectivity index (χ4n) is 4.79. The average Bonchev–Trinajstić information content (AvgIpc) is 3.45. The van der Waals surface area contributed by atoms with Gasteiger partial charge in [0.2, 0.25) is 0 Å². The Morgan fingerprint density at radius 3 is 2.88 bits per heavy atom. The summed E-state index contributed by atoms with van der Waals surface area (Å²) in [6, 6.07) is 6.02. The van der Waals surface area contributed by atoms with E-state index < -0.39 is 0 Å². The summed E-state index contributed by atoms with van der Waals surface area (Å²) in [5.74, 6) is 1.99. The van der Waals surface area contributed by atoms with E-state index in [-0.39, 0.29) is 11.9 Å². The topological polar surface area (TPSA) is 105 Å². The first kappa shape index (κ1) is 19.5. The van der Waals surface area contributed by atoms with Crippen LogP contribution in [0.15, 0.2) is 30.6 Å². The van der Waals surface area contributed by atoms with Crippen molar-refractivity contribution in [1.29, 1.82) is 0 Å². The van der Waals surface area contributed by atoms with Crippen molar-refractivity contribution < 1.29 is 9.53 Å². The van der Waals surface area contributed by atoms with Crippen LogP contribution in [0.2, 0.25) is 0 Å². The first-order valence-corrected chi connectivity index (χ1v) is 11.3. The maximum Gasteiger partial charge on any atom is 0.256 e. The van der Waals surface area contributed by atoms with Crippen molar-refractivity contribution in [2.24, 2.45) is 11.3 Å². The van der Waals surface area contributed by atoms with E-state index in [4.69, 9.17) is 9.72 Å². The highest BCUT2D eigenvalue weighted by Crippen LogP contribution is 2.46.